The molecule has 1 aliphatic heterocycles. The molecule has 4 nitrogen and oxygen atoms in total. The number of hydrogen-bond acceptors (Lipinski definition) is 3. The van der Waals surface area contributed by atoms with Gasteiger partial charge >= 0.3 is 0 Å². The molecular formula is C16H25ClN2O2. The molecule has 5 heteroatoms. The average molecular weight is 313 g/mol. The van der Waals surface area contributed by atoms with E-state index in [-0.39, 0.29) is 18.3 Å². The van der Waals surface area contributed by atoms with Crippen molar-refractivity contribution in [3.63, 3.8) is 0 Å². The van der Waals surface area contributed by atoms with E-state index in [1.165, 1.54) is 6.42 Å². The summed E-state index contributed by atoms with van der Waals surface area (Å²) in [6, 6.07) is 7.74. The van der Waals surface area contributed by atoms with Crippen LogP contribution in [0.1, 0.15) is 18.4 Å². The van der Waals surface area contributed by atoms with Crippen molar-refractivity contribution in [2.45, 2.75) is 19.3 Å². The van der Waals surface area contributed by atoms with Crippen molar-refractivity contribution < 1.29 is 9.53 Å². The number of carbonyl (C=O) groups is 1. The number of hydrogen-bond donors (Lipinski definition) is 1. The minimum absolute atomic E-state index is 0. The lowest BCUT2D eigenvalue weighted by Gasteiger charge is -2.32. The molecule has 1 saturated heterocycles. The van der Waals surface area contributed by atoms with Gasteiger partial charge in [0.05, 0.1) is 13.5 Å². The molecule has 1 N–H and O–H groups in total. The van der Waals surface area contributed by atoms with E-state index in [1.54, 1.807) is 7.11 Å². The highest BCUT2D eigenvalue weighted by atomic mass is 35.5. The number of nitrogens with one attached hydrogen (secondary N) is 1. The van der Waals surface area contributed by atoms with E-state index < -0.39 is 0 Å². The summed E-state index contributed by atoms with van der Waals surface area (Å²) in [5, 5.41) is 3.21. The van der Waals surface area contributed by atoms with Crippen molar-refractivity contribution in [1.29, 1.82) is 0 Å². The number of ether oxygens (including phenoxy) is 1. The van der Waals surface area contributed by atoms with Gasteiger partial charge in [-0.05, 0) is 50.0 Å². The van der Waals surface area contributed by atoms with Crippen LogP contribution in [0.2, 0.25) is 0 Å². The average Bonchev–Trinajstić information content (AvgIpc) is 2.48. The van der Waals surface area contributed by atoms with Gasteiger partial charge in [0.1, 0.15) is 5.75 Å². The van der Waals surface area contributed by atoms with E-state index >= 15 is 0 Å². The Labute approximate surface area is 133 Å². The number of piperidine rings is 1. The van der Waals surface area contributed by atoms with Crippen LogP contribution in [0, 0.1) is 5.92 Å². The third-order valence-corrected chi connectivity index (χ3v) is 3.88. The van der Waals surface area contributed by atoms with Crippen LogP contribution >= 0.6 is 12.4 Å². The maximum Gasteiger partial charge on any atom is 0.226 e. The molecule has 1 aliphatic rings. The summed E-state index contributed by atoms with van der Waals surface area (Å²) >= 11 is 0. The van der Waals surface area contributed by atoms with Crippen LogP contribution in [-0.2, 0) is 11.2 Å². The van der Waals surface area contributed by atoms with Crippen molar-refractivity contribution >= 4 is 18.3 Å². The molecule has 1 amide bonds. The SMILES string of the molecule is CNCC1CCCN(C(=O)Cc2ccc(OC)cc2)C1.Cl. The van der Waals surface area contributed by atoms with Crippen LogP contribution in [0.4, 0.5) is 0 Å². The van der Waals surface area contributed by atoms with Gasteiger partial charge in [0.25, 0.3) is 0 Å². The van der Waals surface area contributed by atoms with E-state index in [9.17, 15) is 4.79 Å². The Morgan fingerprint density at radius 1 is 1.38 bits per heavy atom. The minimum Gasteiger partial charge on any atom is -0.497 e. The summed E-state index contributed by atoms with van der Waals surface area (Å²) in [5.41, 5.74) is 1.05. The normalized spacial score (nSPS) is 18.0. The third-order valence-electron chi connectivity index (χ3n) is 3.88. The zero-order valence-electron chi connectivity index (χ0n) is 12.8. The quantitative estimate of drug-likeness (QED) is 0.905. The molecule has 1 aromatic rings. The molecule has 0 spiro atoms. The number of likely N-dealkylation sites (tertiary alicyclic amines) is 1. The van der Waals surface area contributed by atoms with Crippen LogP contribution in [0.25, 0.3) is 0 Å². The van der Waals surface area contributed by atoms with Crippen molar-refractivity contribution in [1.82, 2.24) is 10.2 Å². The van der Waals surface area contributed by atoms with Gasteiger partial charge in [-0.2, -0.15) is 0 Å². The Morgan fingerprint density at radius 3 is 2.71 bits per heavy atom. The van der Waals surface area contributed by atoms with E-state index in [0.29, 0.717) is 12.3 Å². The van der Waals surface area contributed by atoms with E-state index in [2.05, 4.69) is 5.32 Å². The standard InChI is InChI=1S/C16H24N2O2.ClH/c1-17-11-14-4-3-9-18(12-14)16(19)10-13-5-7-15(20-2)8-6-13;/h5-8,14,17H,3-4,9-12H2,1-2H3;1H. The minimum atomic E-state index is 0. The number of amides is 1. The van der Waals surface area contributed by atoms with Crippen molar-refractivity contribution in [2.24, 2.45) is 5.92 Å². The monoisotopic (exact) mass is 312 g/mol. The number of carbonyl (C=O) groups excluding carboxylic acids is 1. The lowest BCUT2D eigenvalue weighted by atomic mass is 9.97. The fourth-order valence-corrected chi connectivity index (χ4v) is 2.78. The van der Waals surface area contributed by atoms with Gasteiger partial charge in [-0.25, -0.2) is 0 Å². The summed E-state index contributed by atoms with van der Waals surface area (Å²) in [6.07, 6.45) is 2.81. The molecule has 0 saturated carbocycles. The van der Waals surface area contributed by atoms with E-state index in [1.807, 2.05) is 36.2 Å². The molecule has 0 aromatic heterocycles. The zero-order chi connectivity index (χ0) is 14.4. The van der Waals surface area contributed by atoms with Gasteiger partial charge in [0.15, 0.2) is 0 Å². The van der Waals surface area contributed by atoms with Crippen LogP contribution in [-0.4, -0.2) is 44.6 Å². The summed E-state index contributed by atoms with van der Waals surface area (Å²) in [4.78, 5) is 14.4. The van der Waals surface area contributed by atoms with E-state index in [4.69, 9.17) is 4.74 Å². The molecule has 0 bridgehead atoms. The summed E-state index contributed by atoms with van der Waals surface area (Å²) < 4.78 is 5.13. The Hall–Kier alpha value is -1.26. The first-order valence-electron chi connectivity index (χ1n) is 7.28. The smallest absolute Gasteiger partial charge is 0.226 e. The Bertz CT molecular complexity index is 434. The highest BCUT2D eigenvalue weighted by Gasteiger charge is 2.23. The first-order valence-corrected chi connectivity index (χ1v) is 7.28. The fourth-order valence-electron chi connectivity index (χ4n) is 2.78. The zero-order valence-corrected chi connectivity index (χ0v) is 13.6. The summed E-state index contributed by atoms with van der Waals surface area (Å²) in [5.74, 6) is 1.65. The molecule has 118 valence electrons. The van der Waals surface area contributed by atoms with Gasteiger partial charge in [-0.1, -0.05) is 12.1 Å². The molecule has 0 radical (unpaired) electrons. The van der Waals surface area contributed by atoms with Crippen LogP contribution in [0.3, 0.4) is 0 Å². The second-order valence-corrected chi connectivity index (χ2v) is 5.43. The number of halogens is 1. The van der Waals surface area contributed by atoms with Gasteiger partial charge in [0.2, 0.25) is 5.91 Å². The second kappa shape index (κ2) is 8.90. The largest absolute Gasteiger partial charge is 0.497 e. The van der Waals surface area contributed by atoms with Crippen LogP contribution < -0.4 is 10.1 Å². The predicted octanol–water partition coefficient (Wildman–Crippen LogP) is 2.12. The van der Waals surface area contributed by atoms with Gasteiger partial charge in [-0.15, -0.1) is 12.4 Å². The first kappa shape index (κ1) is 17.8. The third kappa shape index (κ3) is 5.21. The number of benzene rings is 1. The number of nitrogens with zero attached hydrogens (tertiary/aromatic N) is 1. The molecule has 1 aromatic carbocycles. The highest BCUT2D eigenvalue weighted by Crippen LogP contribution is 2.18. The Kier molecular flexibility index (Phi) is 7.54. The van der Waals surface area contributed by atoms with Gasteiger partial charge < -0.3 is 15.0 Å². The molecule has 1 heterocycles. The topological polar surface area (TPSA) is 41.6 Å². The number of rotatable bonds is 5. The van der Waals surface area contributed by atoms with Crippen LogP contribution in [0.5, 0.6) is 5.75 Å². The molecule has 1 unspecified atom stereocenters. The van der Waals surface area contributed by atoms with Crippen molar-refractivity contribution in [3.05, 3.63) is 29.8 Å². The first-order chi connectivity index (χ1) is 9.72. The fraction of sp³-hybridized carbons (Fsp3) is 0.562. The van der Waals surface area contributed by atoms with Crippen molar-refractivity contribution in [2.75, 3.05) is 33.8 Å². The van der Waals surface area contributed by atoms with Crippen molar-refractivity contribution in [3.8, 4) is 5.75 Å². The lowest BCUT2D eigenvalue weighted by molar-refractivity contribution is -0.132. The Balaban J connectivity index is 0.00000220. The predicted molar refractivity (Wildman–Crippen MR) is 87.2 cm³/mol. The molecule has 0 aliphatic carbocycles. The van der Waals surface area contributed by atoms with Crippen LogP contribution in [0.15, 0.2) is 24.3 Å². The number of methoxy groups -OCH3 is 1. The molecule has 2 rings (SSSR count). The van der Waals surface area contributed by atoms with Gasteiger partial charge in [0, 0.05) is 13.1 Å². The van der Waals surface area contributed by atoms with E-state index in [0.717, 1.165) is 37.4 Å². The molecule has 21 heavy (non-hydrogen) atoms. The van der Waals surface area contributed by atoms with Gasteiger partial charge in [-0.3, -0.25) is 4.79 Å². The summed E-state index contributed by atoms with van der Waals surface area (Å²) in [7, 11) is 3.62. The summed E-state index contributed by atoms with van der Waals surface area (Å²) in [6.45, 7) is 2.78. The molecule has 1 atom stereocenters. The highest BCUT2D eigenvalue weighted by molar-refractivity contribution is 5.85. The Morgan fingerprint density at radius 2 is 2.10 bits per heavy atom. The maximum atomic E-state index is 12.3. The molecular weight excluding hydrogens is 288 g/mol. The molecule has 1 fully saturated rings. The maximum absolute atomic E-state index is 12.3. The lowest BCUT2D eigenvalue weighted by Crippen LogP contribution is -2.43. The second-order valence-electron chi connectivity index (χ2n) is 5.43.